The van der Waals surface area contributed by atoms with Gasteiger partial charge >= 0.3 is 18.4 Å². The molecule has 4 heterocycles. The summed E-state index contributed by atoms with van der Waals surface area (Å²) in [5, 5.41) is 0.701. The van der Waals surface area contributed by atoms with Crippen molar-refractivity contribution in [1.82, 2.24) is 19.4 Å². The molecule has 0 bridgehead atoms. The van der Waals surface area contributed by atoms with Gasteiger partial charge < -0.3 is 14.5 Å². The summed E-state index contributed by atoms with van der Waals surface area (Å²) < 4.78 is 89.6. The lowest BCUT2D eigenvalue weighted by Gasteiger charge is -2.48. The Labute approximate surface area is 278 Å². The molecule has 4 aromatic rings. The number of carbonyl (C=O) groups excluding carboxylic acids is 2. The van der Waals surface area contributed by atoms with Crippen LogP contribution in [-0.2, 0) is 23.5 Å². The number of amides is 1. The maximum absolute atomic E-state index is 14.1. The summed E-state index contributed by atoms with van der Waals surface area (Å²) in [6.07, 6.45) is -2.38. The molecule has 258 valence electrons. The highest BCUT2D eigenvalue weighted by molar-refractivity contribution is 5.95. The van der Waals surface area contributed by atoms with E-state index >= 15 is 0 Å². The molecular formula is C36H34F6N4O3. The minimum Gasteiger partial charge on any atom is -0.443 e. The van der Waals surface area contributed by atoms with Crippen molar-refractivity contribution in [3.63, 3.8) is 0 Å². The van der Waals surface area contributed by atoms with E-state index in [1.165, 1.54) is 9.47 Å². The molecule has 2 aromatic carbocycles. The molecule has 1 amide bonds. The molecule has 1 saturated heterocycles. The third-order valence-electron chi connectivity index (χ3n) is 8.78. The van der Waals surface area contributed by atoms with E-state index in [1.807, 2.05) is 24.4 Å². The number of carbonyl (C=O) groups is 2. The van der Waals surface area contributed by atoms with Gasteiger partial charge in [0.15, 0.2) is 0 Å². The van der Waals surface area contributed by atoms with Gasteiger partial charge in [0.05, 0.1) is 22.7 Å². The minimum absolute atomic E-state index is 0.0175. The monoisotopic (exact) mass is 684 g/mol. The molecule has 2 aliphatic heterocycles. The third-order valence-corrected chi connectivity index (χ3v) is 8.78. The molecule has 13 heteroatoms. The summed E-state index contributed by atoms with van der Waals surface area (Å²) in [6, 6.07) is 11.0. The van der Waals surface area contributed by atoms with Crippen molar-refractivity contribution in [2.24, 2.45) is 0 Å². The molecule has 7 nitrogen and oxygen atoms in total. The molecule has 2 atom stereocenters. The highest BCUT2D eigenvalue weighted by atomic mass is 19.4. The van der Waals surface area contributed by atoms with Crippen molar-refractivity contribution in [3.8, 4) is 0 Å². The molecule has 1 fully saturated rings. The summed E-state index contributed by atoms with van der Waals surface area (Å²) in [5.74, 6) is -0.931. The van der Waals surface area contributed by atoms with Crippen LogP contribution in [0.25, 0.3) is 16.5 Å². The average molecular weight is 685 g/mol. The fraction of sp³-hybridized carbons (Fsp3) is 0.361. The van der Waals surface area contributed by atoms with Gasteiger partial charge in [0, 0.05) is 54.9 Å². The summed E-state index contributed by atoms with van der Waals surface area (Å²) >= 11 is 0. The van der Waals surface area contributed by atoms with Crippen molar-refractivity contribution in [2.45, 2.75) is 70.1 Å². The van der Waals surface area contributed by atoms with E-state index in [-0.39, 0.29) is 31.6 Å². The fourth-order valence-electron chi connectivity index (χ4n) is 6.54. The van der Waals surface area contributed by atoms with Gasteiger partial charge in [0.1, 0.15) is 5.60 Å². The van der Waals surface area contributed by atoms with Crippen LogP contribution in [0, 0.1) is 0 Å². The molecule has 0 N–H and O–H groups in total. The van der Waals surface area contributed by atoms with E-state index in [2.05, 4.69) is 9.88 Å². The summed E-state index contributed by atoms with van der Waals surface area (Å²) in [7, 11) is 0. The zero-order valence-corrected chi connectivity index (χ0v) is 27.0. The number of nitrogens with zero attached hydrogens (tertiary/aromatic N) is 4. The fourth-order valence-corrected chi connectivity index (χ4v) is 6.54. The molecule has 0 aliphatic carbocycles. The number of rotatable bonds is 4. The lowest BCUT2D eigenvalue weighted by atomic mass is 9.90. The summed E-state index contributed by atoms with van der Waals surface area (Å²) in [6.45, 7) is 5.54. The van der Waals surface area contributed by atoms with Crippen LogP contribution >= 0.6 is 0 Å². The largest absolute Gasteiger partial charge is 0.443 e. The van der Waals surface area contributed by atoms with Crippen LogP contribution in [0.5, 0.6) is 0 Å². The first-order chi connectivity index (χ1) is 23.0. The van der Waals surface area contributed by atoms with E-state index < -0.39 is 52.7 Å². The van der Waals surface area contributed by atoms with Crippen LogP contribution in [0.3, 0.4) is 0 Å². The lowest BCUT2D eigenvalue weighted by Crippen LogP contribution is -2.59. The van der Waals surface area contributed by atoms with Crippen LogP contribution in [0.15, 0.2) is 79.4 Å². The summed E-state index contributed by atoms with van der Waals surface area (Å²) in [5.41, 5.74) is -1.40. The first kappa shape index (κ1) is 34.1. The van der Waals surface area contributed by atoms with Crippen molar-refractivity contribution in [1.29, 1.82) is 0 Å². The molecule has 0 spiro atoms. The van der Waals surface area contributed by atoms with Gasteiger partial charge in [0.2, 0.25) is 0 Å². The van der Waals surface area contributed by atoms with Gasteiger partial charge in [-0.25, -0.2) is 4.79 Å². The van der Waals surface area contributed by atoms with Crippen molar-refractivity contribution in [2.75, 3.05) is 13.1 Å². The smallest absolute Gasteiger partial charge is 0.419 e. The maximum Gasteiger partial charge on any atom is 0.419 e. The van der Waals surface area contributed by atoms with Crippen LogP contribution in [0.2, 0.25) is 0 Å². The number of benzene rings is 2. The molecule has 6 rings (SSSR count). The number of alkyl halides is 6. The Morgan fingerprint density at radius 3 is 2.24 bits per heavy atom. The number of para-hydroxylation sites is 1. The van der Waals surface area contributed by atoms with Crippen molar-refractivity contribution >= 4 is 28.5 Å². The van der Waals surface area contributed by atoms with Crippen LogP contribution in [0.1, 0.15) is 66.2 Å². The minimum atomic E-state index is -5.10. The Bertz CT molecular complexity index is 1880. The Kier molecular flexibility index (Phi) is 8.74. The number of allylic oxidation sites excluding steroid dienone is 1. The second-order valence-electron chi connectivity index (χ2n) is 13.4. The van der Waals surface area contributed by atoms with E-state index in [1.54, 1.807) is 57.6 Å². The van der Waals surface area contributed by atoms with Crippen molar-refractivity contribution < 1.29 is 40.7 Å². The lowest BCUT2D eigenvalue weighted by molar-refractivity contribution is -0.143. The van der Waals surface area contributed by atoms with Gasteiger partial charge in [-0.3, -0.25) is 14.3 Å². The molecule has 49 heavy (non-hydrogen) atoms. The third kappa shape index (κ3) is 7.30. The molecule has 2 aliphatic rings. The van der Waals surface area contributed by atoms with Gasteiger partial charge in [-0.2, -0.15) is 26.3 Å². The molecule has 0 radical (unpaired) electrons. The number of fused-ring (bicyclic) bond motifs is 2. The Morgan fingerprint density at radius 2 is 1.61 bits per heavy atom. The maximum atomic E-state index is 14.1. The predicted molar refractivity (Wildman–Crippen MR) is 170 cm³/mol. The van der Waals surface area contributed by atoms with Crippen LogP contribution in [0.4, 0.5) is 31.1 Å². The summed E-state index contributed by atoms with van der Waals surface area (Å²) in [4.78, 5) is 35.0. The number of ether oxygens (including phenoxy) is 1. The number of hydrogen-bond acceptors (Lipinski definition) is 5. The van der Waals surface area contributed by atoms with E-state index in [9.17, 15) is 35.9 Å². The highest BCUT2D eigenvalue weighted by Gasteiger charge is 2.41. The molecule has 2 aromatic heterocycles. The number of pyridine rings is 1. The average Bonchev–Trinajstić information content (AvgIpc) is 3.41. The van der Waals surface area contributed by atoms with Crippen LogP contribution < -0.4 is 0 Å². The Balaban J connectivity index is 1.41. The first-order valence-corrected chi connectivity index (χ1v) is 15.8. The second kappa shape index (κ2) is 12.6. The molecule has 0 unspecified atom stereocenters. The van der Waals surface area contributed by atoms with Gasteiger partial charge in [-0.05, 0) is 87.1 Å². The zero-order valence-electron chi connectivity index (χ0n) is 27.0. The zero-order chi connectivity index (χ0) is 35.3. The highest BCUT2D eigenvalue weighted by Crippen LogP contribution is 2.38. The van der Waals surface area contributed by atoms with E-state index in [4.69, 9.17) is 4.74 Å². The predicted octanol–water partition coefficient (Wildman–Crippen LogP) is 8.43. The standard InChI is InChI=1S/C36H34F6N4O3/c1-34(2,3)49-33(48)46-19-25(30-8-4-5-9-31(30)46)15-29-20-44-18-23(22-7-6-12-43-17-22)10-11-28(44)21-45(29)32(47)24-13-26(35(37,38)39)16-27(14-24)36(40,41)42/h4-9,12-14,16-19,28-29H,10-11,15,20-21H2,1-3H3/t28-,29-/m1/s1. The molecule has 0 saturated carbocycles. The van der Waals surface area contributed by atoms with Gasteiger partial charge in [0.25, 0.3) is 5.91 Å². The first-order valence-electron chi connectivity index (χ1n) is 15.8. The Morgan fingerprint density at radius 1 is 0.918 bits per heavy atom. The van der Waals surface area contributed by atoms with Crippen molar-refractivity contribution in [3.05, 3.63) is 107 Å². The SMILES string of the molecule is CC(C)(C)OC(=O)n1cc(C[C@@H]2CN3C=C(c4cccnc4)CC[C@@H]3CN2C(=O)c2cc(C(F)(F)F)cc(C(F)(F)F)c2)c2ccccc21. The van der Waals surface area contributed by atoms with Crippen LogP contribution in [-0.4, -0.2) is 62.1 Å². The normalized spacial score (nSPS) is 18.7. The second-order valence-corrected chi connectivity index (χ2v) is 13.4. The van der Waals surface area contributed by atoms with Gasteiger partial charge in [-0.1, -0.05) is 24.3 Å². The van der Waals surface area contributed by atoms with E-state index in [0.717, 1.165) is 11.1 Å². The molecular weight excluding hydrogens is 650 g/mol. The number of aromatic nitrogens is 2. The number of halogens is 6. The number of piperazine rings is 1. The quantitative estimate of drug-likeness (QED) is 0.202. The van der Waals surface area contributed by atoms with E-state index in [0.29, 0.717) is 41.4 Å². The van der Waals surface area contributed by atoms with Gasteiger partial charge in [-0.15, -0.1) is 0 Å². The number of hydrogen-bond donors (Lipinski definition) is 0. The Hall–Kier alpha value is -4.81. The topological polar surface area (TPSA) is 67.7 Å².